The first-order valence-electron chi connectivity index (χ1n) is 5.19. The maximum Gasteiger partial charge on any atom is 0.263 e. The number of rotatable bonds is 2. The molecule has 0 saturated carbocycles. The van der Waals surface area contributed by atoms with Crippen molar-refractivity contribution in [3.8, 4) is 0 Å². The molecule has 0 aromatic heterocycles. The standard InChI is InChI=1S/C11H14F2N2O/c12-11(13)8-1-2-10(9(14)7-8)15-3-5-16-6-4-15/h1-2,7,11H,3-6,14H2. The predicted octanol–water partition coefficient (Wildman–Crippen LogP) is 2.04. The van der Waals surface area contributed by atoms with Crippen LogP contribution in [0.4, 0.5) is 20.2 Å². The van der Waals surface area contributed by atoms with Crippen LogP contribution in [0.3, 0.4) is 0 Å². The van der Waals surface area contributed by atoms with E-state index in [4.69, 9.17) is 10.5 Å². The molecule has 1 aromatic rings. The van der Waals surface area contributed by atoms with Crippen LogP contribution in [-0.2, 0) is 4.74 Å². The van der Waals surface area contributed by atoms with Gasteiger partial charge in [-0.25, -0.2) is 8.78 Å². The first kappa shape index (κ1) is 11.1. The summed E-state index contributed by atoms with van der Waals surface area (Å²) in [4.78, 5) is 2.05. The van der Waals surface area contributed by atoms with Crippen LogP contribution in [0, 0.1) is 0 Å². The van der Waals surface area contributed by atoms with Crippen molar-refractivity contribution in [2.24, 2.45) is 0 Å². The number of benzene rings is 1. The molecule has 16 heavy (non-hydrogen) atoms. The number of hydrogen-bond donors (Lipinski definition) is 1. The number of anilines is 2. The molecule has 0 spiro atoms. The van der Waals surface area contributed by atoms with Crippen molar-refractivity contribution in [3.63, 3.8) is 0 Å². The summed E-state index contributed by atoms with van der Waals surface area (Å²) in [6, 6.07) is 4.42. The average Bonchev–Trinajstić information content (AvgIpc) is 2.30. The normalized spacial score (nSPS) is 16.8. The van der Waals surface area contributed by atoms with Crippen LogP contribution in [0.15, 0.2) is 18.2 Å². The lowest BCUT2D eigenvalue weighted by Gasteiger charge is -2.30. The van der Waals surface area contributed by atoms with Crippen molar-refractivity contribution in [1.82, 2.24) is 0 Å². The van der Waals surface area contributed by atoms with Gasteiger partial charge in [-0.15, -0.1) is 0 Å². The molecule has 0 aliphatic carbocycles. The van der Waals surface area contributed by atoms with E-state index in [1.54, 1.807) is 6.07 Å². The Labute approximate surface area is 92.8 Å². The zero-order valence-corrected chi connectivity index (χ0v) is 8.83. The molecule has 0 atom stereocenters. The summed E-state index contributed by atoms with van der Waals surface area (Å²) in [7, 11) is 0. The van der Waals surface area contributed by atoms with Crippen molar-refractivity contribution in [3.05, 3.63) is 23.8 Å². The van der Waals surface area contributed by atoms with Crippen molar-refractivity contribution >= 4 is 11.4 Å². The van der Waals surface area contributed by atoms with Gasteiger partial charge in [-0.2, -0.15) is 0 Å². The summed E-state index contributed by atoms with van der Waals surface area (Å²) >= 11 is 0. The summed E-state index contributed by atoms with van der Waals surface area (Å²) in [5, 5.41) is 0. The summed E-state index contributed by atoms with van der Waals surface area (Å²) in [6.07, 6.45) is -2.47. The molecule has 1 aliphatic heterocycles. The number of nitrogens with two attached hydrogens (primary N) is 1. The number of alkyl halides is 2. The second-order valence-corrected chi connectivity index (χ2v) is 3.72. The van der Waals surface area contributed by atoms with Gasteiger partial charge >= 0.3 is 0 Å². The third-order valence-corrected chi connectivity index (χ3v) is 2.66. The Balaban J connectivity index is 2.21. The Hall–Kier alpha value is -1.36. The molecule has 0 unspecified atom stereocenters. The molecule has 0 radical (unpaired) electrons. The monoisotopic (exact) mass is 228 g/mol. The zero-order chi connectivity index (χ0) is 11.5. The van der Waals surface area contributed by atoms with E-state index in [1.807, 2.05) is 4.90 Å². The third kappa shape index (κ3) is 2.24. The molecular formula is C11H14F2N2O. The van der Waals surface area contributed by atoms with Crippen LogP contribution in [0.5, 0.6) is 0 Å². The smallest absolute Gasteiger partial charge is 0.263 e. The van der Waals surface area contributed by atoms with E-state index in [0.29, 0.717) is 18.9 Å². The molecule has 0 bridgehead atoms. The Kier molecular flexibility index (Phi) is 3.24. The first-order valence-corrected chi connectivity index (χ1v) is 5.19. The fourth-order valence-electron chi connectivity index (χ4n) is 1.80. The van der Waals surface area contributed by atoms with Gasteiger partial charge in [-0.1, -0.05) is 6.07 Å². The minimum Gasteiger partial charge on any atom is -0.397 e. The fourth-order valence-corrected chi connectivity index (χ4v) is 1.80. The average molecular weight is 228 g/mol. The molecule has 1 saturated heterocycles. The van der Waals surface area contributed by atoms with Crippen molar-refractivity contribution in [2.45, 2.75) is 6.43 Å². The van der Waals surface area contributed by atoms with E-state index < -0.39 is 6.43 Å². The van der Waals surface area contributed by atoms with Crippen LogP contribution in [-0.4, -0.2) is 26.3 Å². The molecule has 5 heteroatoms. The Morgan fingerprint density at radius 2 is 1.94 bits per heavy atom. The van der Waals surface area contributed by atoms with Gasteiger partial charge in [0.05, 0.1) is 24.6 Å². The van der Waals surface area contributed by atoms with Gasteiger partial charge in [0.15, 0.2) is 0 Å². The van der Waals surface area contributed by atoms with E-state index in [2.05, 4.69) is 0 Å². The lowest BCUT2D eigenvalue weighted by Crippen LogP contribution is -2.36. The maximum absolute atomic E-state index is 12.4. The number of halogens is 2. The Morgan fingerprint density at radius 1 is 1.25 bits per heavy atom. The lowest BCUT2D eigenvalue weighted by atomic mass is 10.1. The molecule has 1 heterocycles. The summed E-state index contributed by atoms with van der Waals surface area (Å²) in [5.74, 6) is 0. The van der Waals surface area contributed by atoms with Crippen LogP contribution in [0.2, 0.25) is 0 Å². The highest BCUT2D eigenvalue weighted by molar-refractivity contribution is 5.68. The fraction of sp³-hybridized carbons (Fsp3) is 0.455. The largest absolute Gasteiger partial charge is 0.397 e. The molecule has 2 N–H and O–H groups in total. The second kappa shape index (κ2) is 4.65. The number of nitrogen functional groups attached to an aromatic ring is 1. The first-order chi connectivity index (χ1) is 7.68. The van der Waals surface area contributed by atoms with Crippen LogP contribution < -0.4 is 10.6 Å². The van der Waals surface area contributed by atoms with Gasteiger partial charge in [0.1, 0.15) is 0 Å². The number of hydrogen-bond acceptors (Lipinski definition) is 3. The van der Waals surface area contributed by atoms with E-state index in [1.165, 1.54) is 12.1 Å². The SMILES string of the molecule is Nc1cc(C(F)F)ccc1N1CCOCC1. The van der Waals surface area contributed by atoms with E-state index in [0.717, 1.165) is 18.8 Å². The van der Waals surface area contributed by atoms with Crippen molar-refractivity contribution in [2.75, 3.05) is 36.9 Å². The van der Waals surface area contributed by atoms with Gasteiger partial charge in [-0.05, 0) is 12.1 Å². The zero-order valence-electron chi connectivity index (χ0n) is 8.83. The topological polar surface area (TPSA) is 38.5 Å². The molecule has 1 fully saturated rings. The van der Waals surface area contributed by atoms with E-state index in [9.17, 15) is 8.78 Å². The Morgan fingerprint density at radius 3 is 2.50 bits per heavy atom. The minimum atomic E-state index is -2.47. The van der Waals surface area contributed by atoms with Crippen LogP contribution >= 0.6 is 0 Å². The van der Waals surface area contributed by atoms with Gasteiger partial charge in [0.25, 0.3) is 6.43 Å². The van der Waals surface area contributed by atoms with Gasteiger partial charge < -0.3 is 15.4 Å². The molecular weight excluding hydrogens is 214 g/mol. The summed E-state index contributed by atoms with van der Waals surface area (Å²) in [5.41, 5.74) is 6.96. The van der Waals surface area contributed by atoms with Gasteiger partial charge in [-0.3, -0.25) is 0 Å². The molecule has 88 valence electrons. The van der Waals surface area contributed by atoms with E-state index in [-0.39, 0.29) is 5.56 Å². The molecule has 0 amide bonds. The second-order valence-electron chi connectivity index (χ2n) is 3.72. The number of ether oxygens (including phenoxy) is 1. The van der Waals surface area contributed by atoms with Crippen LogP contribution in [0.25, 0.3) is 0 Å². The highest BCUT2D eigenvalue weighted by Gasteiger charge is 2.15. The van der Waals surface area contributed by atoms with E-state index >= 15 is 0 Å². The maximum atomic E-state index is 12.4. The quantitative estimate of drug-likeness (QED) is 0.787. The van der Waals surface area contributed by atoms with Crippen molar-refractivity contribution < 1.29 is 13.5 Å². The molecule has 1 aromatic carbocycles. The minimum absolute atomic E-state index is 0.0329. The number of morpholine rings is 1. The summed E-state index contributed by atoms with van der Waals surface area (Å²) < 4.78 is 30.1. The van der Waals surface area contributed by atoms with Gasteiger partial charge in [0, 0.05) is 18.7 Å². The van der Waals surface area contributed by atoms with Crippen molar-refractivity contribution in [1.29, 1.82) is 0 Å². The highest BCUT2D eigenvalue weighted by atomic mass is 19.3. The number of nitrogens with zero attached hydrogens (tertiary/aromatic N) is 1. The highest BCUT2D eigenvalue weighted by Crippen LogP contribution is 2.29. The predicted molar refractivity (Wildman–Crippen MR) is 58.8 cm³/mol. The Bertz CT molecular complexity index is 365. The third-order valence-electron chi connectivity index (χ3n) is 2.66. The molecule has 2 rings (SSSR count). The van der Waals surface area contributed by atoms with Gasteiger partial charge in [0.2, 0.25) is 0 Å². The molecule has 1 aliphatic rings. The van der Waals surface area contributed by atoms with Crippen LogP contribution in [0.1, 0.15) is 12.0 Å². The lowest BCUT2D eigenvalue weighted by molar-refractivity contribution is 0.122. The molecule has 3 nitrogen and oxygen atoms in total. The summed E-state index contributed by atoms with van der Waals surface area (Å²) in [6.45, 7) is 2.79.